The molecule has 0 fully saturated rings. The third-order valence-electron chi connectivity index (χ3n) is 1.58. The highest BCUT2D eigenvalue weighted by atomic mass is 16.5. The van der Waals surface area contributed by atoms with Crippen molar-refractivity contribution in [2.75, 3.05) is 6.61 Å². The fourth-order valence-electron chi connectivity index (χ4n) is 0.933. The lowest BCUT2D eigenvalue weighted by Crippen LogP contribution is -2.05. The van der Waals surface area contributed by atoms with Gasteiger partial charge in [-0.1, -0.05) is 12.1 Å². The van der Waals surface area contributed by atoms with E-state index < -0.39 is 5.97 Å². The number of carbonyl (C=O) groups is 1. The van der Waals surface area contributed by atoms with Gasteiger partial charge < -0.3 is 9.84 Å². The van der Waals surface area contributed by atoms with Crippen LogP contribution in [0.25, 0.3) is 0 Å². The summed E-state index contributed by atoms with van der Waals surface area (Å²) < 4.78 is 5.14. The second kappa shape index (κ2) is 4.87. The first-order chi connectivity index (χ1) is 6.74. The summed E-state index contributed by atoms with van der Waals surface area (Å²) in [6.45, 7) is 0.0774. The zero-order chi connectivity index (χ0) is 10.4. The van der Waals surface area contributed by atoms with Crippen LogP contribution >= 0.6 is 0 Å². The van der Waals surface area contributed by atoms with Gasteiger partial charge >= 0.3 is 5.97 Å². The standard InChI is InChI=1S/C10H9NO3/c11-7-8-3-1-2-4-9(8)14-6-5-10(12)13/h1-4H,5-6H2,(H,12,13). The summed E-state index contributed by atoms with van der Waals surface area (Å²) in [6, 6.07) is 8.68. The van der Waals surface area contributed by atoms with Crippen molar-refractivity contribution >= 4 is 5.97 Å². The lowest BCUT2D eigenvalue weighted by Gasteiger charge is -2.05. The summed E-state index contributed by atoms with van der Waals surface area (Å²) in [4.78, 5) is 10.2. The molecule has 4 nitrogen and oxygen atoms in total. The van der Waals surface area contributed by atoms with Crippen molar-refractivity contribution in [3.8, 4) is 11.8 Å². The molecule has 1 aromatic carbocycles. The van der Waals surface area contributed by atoms with Gasteiger partial charge in [0.2, 0.25) is 0 Å². The summed E-state index contributed by atoms with van der Waals surface area (Å²) in [5, 5.41) is 17.1. The molecule has 72 valence electrons. The Labute approximate surface area is 81.4 Å². The lowest BCUT2D eigenvalue weighted by molar-refractivity contribution is -0.137. The van der Waals surface area contributed by atoms with Crippen LogP contribution in [0, 0.1) is 11.3 Å². The van der Waals surface area contributed by atoms with E-state index in [-0.39, 0.29) is 13.0 Å². The smallest absolute Gasteiger partial charge is 0.306 e. The minimum Gasteiger partial charge on any atom is -0.492 e. The van der Waals surface area contributed by atoms with E-state index in [9.17, 15) is 4.79 Å². The fraction of sp³-hybridized carbons (Fsp3) is 0.200. The minimum absolute atomic E-state index is 0.0697. The summed E-state index contributed by atoms with van der Waals surface area (Å²) >= 11 is 0. The number of aliphatic carboxylic acids is 1. The Balaban J connectivity index is 2.59. The molecule has 0 amide bonds. The van der Waals surface area contributed by atoms with E-state index in [0.717, 1.165) is 0 Å². The van der Waals surface area contributed by atoms with Gasteiger partial charge in [0.1, 0.15) is 11.8 Å². The molecule has 0 atom stereocenters. The first kappa shape index (κ1) is 10.1. The Bertz CT molecular complexity index is 368. The second-order valence-corrected chi connectivity index (χ2v) is 2.60. The van der Waals surface area contributed by atoms with Gasteiger partial charge in [0.15, 0.2) is 0 Å². The van der Waals surface area contributed by atoms with E-state index in [1.807, 2.05) is 6.07 Å². The van der Waals surface area contributed by atoms with Crippen LogP contribution in [-0.2, 0) is 4.79 Å². The van der Waals surface area contributed by atoms with Crippen LogP contribution in [0.3, 0.4) is 0 Å². The molecule has 0 aliphatic carbocycles. The van der Waals surface area contributed by atoms with Crippen LogP contribution in [0.1, 0.15) is 12.0 Å². The van der Waals surface area contributed by atoms with Crippen LogP contribution in [-0.4, -0.2) is 17.7 Å². The van der Waals surface area contributed by atoms with Crippen LogP contribution in [0.15, 0.2) is 24.3 Å². The largest absolute Gasteiger partial charge is 0.492 e. The molecule has 0 radical (unpaired) electrons. The predicted molar refractivity (Wildman–Crippen MR) is 48.9 cm³/mol. The Morgan fingerprint density at radius 2 is 2.21 bits per heavy atom. The number of nitrogens with zero attached hydrogens (tertiary/aromatic N) is 1. The molecule has 0 aliphatic rings. The van der Waals surface area contributed by atoms with E-state index in [1.54, 1.807) is 24.3 Å². The topological polar surface area (TPSA) is 70.3 Å². The number of carboxylic acids is 1. The van der Waals surface area contributed by atoms with Crippen molar-refractivity contribution < 1.29 is 14.6 Å². The van der Waals surface area contributed by atoms with Crippen molar-refractivity contribution in [1.82, 2.24) is 0 Å². The Kier molecular flexibility index (Phi) is 3.50. The monoisotopic (exact) mass is 191 g/mol. The molecule has 4 heteroatoms. The molecule has 0 aromatic heterocycles. The number of nitriles is 1. The molecule has 0 spiro atoms. The van der Waals surface area contributed by atoms with Gasteiger partial charge in [-0.15, -0.1) is 0 Å². The van der Waals surface area contributed by atoms with Crippen LogP contribution in [0.5, 0.6) is 5.75 Å². The van der Waals surface area contributed by atoms with Gasteiger partial charge in [-0.25, -0.2) is 0 Å². The SMILES string of the molecule is N#Cc1ccccc1OCCC(=O)O. The maximum Gasteiger partial charge on any atom is 0.306 e. The highest BCUT2D eigenvalue weighted by Gasteiger charge is 2.02. The number of rotatable bonds is 4. The predicted octanol–water partition coefficient (Wildman–Crippen LogP) is 1.41. The Morgan fingerprint density at radius 3 is 2.86 bits per heavy atom. The van der Waals surface area contributed by atoms with Crippen LogP contribution in [0.2, 0.25) is 0 Å². The van der Waals surface area contributed by atoms with Crippen LogP contribution in [0.4, 0.5) is 0 Å². The van der Waals surface area contributed by atoms with Crippen molar-refractivity contribution in [3.05, 3.63) is 29.8 Å². The van der Waals surface area contributed by atoms with E-state index >= 15 is 0 Å². The van der Waals surface area contributed by atoms with Crippen molar-refractivity contribution in [1.29, 1.82) is 5.26 Å². The van der Waals surface area contributed by atoms with Gasteiger partial charge in [0.25, 0.3) is 0 Å². The minimum atomic E-state index is -0.917. The van der Waals surface area contributed by atoms with E-state index in [0.29, 0.717) is 11.3 Å². The normalized spacial score (nSPS) is 9.07. The third-order valence-corrected chi connectivity index (χ3v) is 1.58. The number of hydrogen-bond acceptors (Lipinski definition) is 3. The number of hydrogen-bond donors (Lipinski definition) is 1. The first-order valence-electron chi connectivity index (χ1n) is 4.08. The summed E-state index contributed by atoms with van der Waals surface area (Å²) in [7, 11) is 0. The summed E-state index contributed by atoms with van der Waals surface area (Å²) in [6.07, 6.45) is -0.0697. The average Bonchev–Trinajstić information content (AvgIpc) is 2.18. The third kappa shape index (κ3) is 2.79. The molecule has 14 heavy (non-hydrogen) atoms. The molecule has 0 saturated heterocycles. The van der Waals surface area contributed by atoms with E-state index in [2.05, 4.69) is 0 Å². The Hall–Kier alpha value is -2.02. The molecule has 0 bridgehead atoms. The van der Waals surface area contributed by atoms with Crippen molar-refractivity contribution in [2.45, 2.75) is 6.42 Å². The van der Waals surface area contributed by atoms with Crippen molar-refractivity contribution in [2.24, 2.45) is 0 Å². The maximum atomic E-state index is 10.2. The average molecular weight is 191 g/mol. The molecule has 0 saturated carbocycles. The van der Waals surface area contributed by atoms with Crippen molar-refractivity contribution in [3.63, 3.8) is 0 Å². The quantitative estimate of drug-likeness (QED) is 0.781. The fourth-order valence-corrected chi connectivity index (χ4v) is 0.933. The molecular weight excluding hydrogens is 182 g/mol. The number of carboxylic acid groups (broad SMARTS) is 1. The molecule has 1 N–H and O–H groups in total. The van der Waals surface area contributed by atoms with Gasteiger partial charge in [0, 0.05) is 0 Å². The number of para-hydroxylation sites is 1. The highest BCUT2D eigenvalue weighted by Crippen LogP contribution is 2.16. The van der Waals surface area contributed by atoms with Gasteiger partial charge in [-0.05, 0) is 12.1 Å². The van der Waals surface area contributed by atoms with E-state index in [4.69, 9.17) is 15.1 Å². The highest BCUT2D eigenvalue weighted by molar-refractivity contribution is 5.66. The molecule has 1 aromatic rings. The zero-order valence-corrected chi connectivity index (χ0v) is 7.43. The molecule has 1 rings (SSSR count). The number of benzene rings is 1. The van der Waals surface area contributed by atoms with Gasteiger partial charge in [0.05, 0.1) is 18.6 Å². The van der Waals surface area contributed by atoms with Gasteiger partial charge in [-0.3, -0.25) is 4.79 Å². The second-order valence-electron chi connectivity index (χ2n) is 2.60. The lowest BCUT2D eigenvalue weighted by atomic mass is 10.2. The maximum absolute atomic E-state index is 10.2. The molecule has 0 unspecified atom stereocenters. The Morgan fingerprint density at radius 1 is 1.50 bits per heavy atom. The van der Waals surface area contributed by atoms with Gasteiger partial charge in [-0.2, -0.15) is 5.26 Å². The molecule has 0 heterocycles. The summed E-state index contributed by atoms with van der Waals surface area (Å²) in [5.41, 5.74) is 0.415. The first-order valence-corrected chi connectivity index (χ1v) is 4.08. The van der Waals surface area contributed by atoms with Crippen LogP contribution < -0.4 is 4.74 Å². The molecule has 0 aliphatic heterocycles. The molecular formula is C10H9NO3. The number of ether oxygens (including phenoxy) is 1. The van der Waals surface area contributed by atoms with E-state index in [1.165, 1.54) is 0 Å². The zero-order valence-electron chi connectivity index (χ0n) is 7.43. The summed E-state index contributed by atoms with van der Waals surface area (Å²) in [5.74, 6) is -0.490.